The van der Waals surface area contributed by atoms with Gasteiger partial charge in [-0.3, -0.25) is 9.59 Å². The number of aliphatic carboxylic acids is 1. The number of hydrogen-bond acceptors (Lipinski definition) is 2. The number of nitrogens with one attached hydrogen (secondary N) is 1. The molecule has 1 rings (SSSR count). The number of amides is 1. The van der Waals surface area contributed by atoms with E-state index in [0.717, 1.165) is 6.42 Å². The van der Waals surface area contributed by atoms with Gasteiger partial charge in [-0.1, -0.05) is 26.8 Å². The predicted octanol–water partition coefficient (Wildman–Crippen LogP) is 2.20. The molecule has 0 aromatic rings. The standard InChI is InChI=1S/C14H23NO3/c1-5-6-12(16)15-11-8-7-10(13(17)18)14(3,4)9(11)2/h5-6,9-11H,7-8H2,1-4H3,(H,15,16)(H,17,18)/b6-5+. The van der Waals surface area contributed by atoms with Crippen LogP contribution in [0, 0.1) is 17.3 Å². The van der Waals surface area contributed by atoms with Crippen LogP contribution in [0.25, 0.3) is 0 Å². The highest BCUT2D eigenvalue weighted by molar-refractivity contribution is 5.87. The van der Waals surface area contributed by atoms with E-state index in [-0.39, 0.29) is 29.2 Å². The number of rotatable bonds is 3. The third-order valence-electron chi connectivity index (χ3n) is 4.39. The van der Waals surface area contributed by atoms with Crippen molar-refractivity contribution in [1.29, 1.82) is 0 Å². The summed E-state index contributed by atoms with van der Waals surface area (Å²) < 4.78 is 0. The van der Waals surface area contributed by atoms with Gasteiger partial charge in [-0.25, -0.2) is 0 Å². The van der Waals surface area contributed by atoms with Gasteiger partial charge >= 0.3 is 5.97 Å². The number of carbonyl (C=O) groups excluding carboxylic acids is 1. The van der Waals surface area contributed by atoms with Crippen molar-refractivity contribution in [1.82, 2.24) is 5.32 Å². The summed E-state index contributed by atoms with van der Waals surface area (Å²) in [5.41, 5.74) is -0.308. The van der Waals surface area contributed by atoms with Crippen molar-refractivity contribution in [3.8, 4) is 0 Å². The molecule has 3 atom stereocenters. The molecule has 0 spiro atoms. The minimum Gasteiger partial charge on any atom is -0.481 e. The molecular weight excluding hydrogens is 230 g/mol. The van der Waals surface area contributed by atoms with Crippen molar-refractivity contribution in [3.63, 3.8) is 0 Å². The summed E-state index contributed by atoms with van der Waals surface area (Å²) in [5.74, 6) is -1.02. The van der Waals surface area contributed by atoms with Crippen LogP contribution in [-0.2, 0) is 9.59 Å². The van der Waals surface area contributed by atoms with Crippen molar-refractivity contribution in [2.45, 2.75) is 46.6 Å². The van der Waals surface area contributed by atoms with Gasteiger partial charge in [-0.2, -0.15) is 0 Å². The molecule has 0 radical (unpaired) electrons. The van der Waals surface area contributed by atoms with Crippen LogP contribution < -0.4 is 5.32 Å². The van der Waals surface area contributed by atoms with Gasteiger partial charge in [0.1, 0.15) is 0 Å². The molecule has 1 amide bonds. The average Bonchev–Trinajstić information content (AvgIpc) is 2.24. The number of hydrogen-bond donors (Lipinski definition) is 2. The first-order valence-electron chi connectivity index (χ1n) is 6.46. The van der Waals surface area contributed by atoms with Crippen molar-refractivity contribution in [2.75, 3.05) is 0 Å². The van der Waals surface area contributed by atoms with Crippen molar-refractivity contribution in [3.05, 3.63) is 12.2 Å². The van der Waals surface area contributed by atoms with E-state index in [2.05, 4.69) is 5.32 Å². The summed E-state index contributed by atoms with van der Waals surface area (Å²) in [6.45, 7) is 7.78. The Labute approximate surface area is 108 Å². The van der Waals surface area contributed by atoms with E-state index in [1.807, 2.05) is 20.8 Å². The highest BCUT2D eigenvalue weighted by Crippen LogP contribution is 2.45. The summed E-state index contributed by atoms with van der Waals surface area (Å²) >= 11 is 0. The molecule has 2 N–H and O–H groups in total. The van der Waals surface area contributed by atoms with Crippen LogP contribution in [0.2, 0.25) is 0 Å². The zero-order chi connectivity index (χ0) is 13.9. The van der Waals surface area contributed by atoms with E-state index in [9.17, 15) is 14.7 Å². The molecule has 3 unspecified atom stereocenters. The van der Waals surface area contributed by atoms with E-state index < -0.39 is 5.97 Å². The molecule has 0 bridgehead atoms. The van der Waals surface area contributed by atoms with Crippen LogP contribution >= 0.6 is 0 Å². The second-order valence-electron chi connectivity index (χ2n) is 5.69. The number of allylic oxidation sites excluding steroid dienone is 1. The third kappa shape index (κ3) is 2.92. The van der Waals surface area contributed by atoms with E-state index in [1.54, 1.807) is 13.0 Å². The fourth-order valence-electron chi connectivity index (χ4n) is 2.83. The van der Waals surface area contributed by atoms with Gasteiger partial charge in [0.05, 0.1) is 5.92 Å². The Balaban J connectivity index is 2.78. The van der Waals surface area contributed by atoms with Crippen LogP contribution in [0.15, 0.2) is 12.2 Å². The topological polar surface area (TPSA) is 66.4 Å². The minimum atomic E-state index is -0.731. The molecule has 4 nitrogen and oxygen atoms in total. The summed E-state index contributed by atoms with van der Waals surface area (Å²) in [7, 11) is 0. The summed E-state index contributed by atoms with van der Waals surface area (Å²) in [6, 6.07) is 0.0549. The van der Waals surface area contributed by atoms with Crippen molar-refractivity contribution >= 4 is 11.9 Å². The first-order valence-corrected chi connectivity index (χ1v) is 6.46. The number of carboxylic acid groups (broad SMARTS) is 1. The smallest absolute Gasteiger partial charge is 0.307 e. The van der Waals surface area contributed by atoms with Gasteiger partial charge in [-0.15, -0.1) is 0 Å². The fourth-order valence-corrected chi connectivity index (χ4v) is 2.83. The molecule has 4 heteroatoms. The molecular formula is C14H23NO3. The maximum Gasteiger partial charge on any atom is 0.307 e. The molecule has 1 saturated carbocycles. The van der Waals surface area contributed by atoms with E-state index in [0.29, 0.717) is 6.42 Å². The Morgan fingerprint density at radius 3 is 2.44 bits per heavy atom. The maximum atomic E-state index is 11.6. The van der Waals surface area contributed by atoms with Gasteiger partial charge in [0.25, 0.3) is 0 Å². The molecule has 0 aromatic heterocycles. The molecule has 0 aromatic carbocycles. The lowest BCUT2D eigenvalue weighted by Crippen LogP contribution is -2.52. The largest absolute Gasteiger partial charge is 0.481 e. The van der Waals surface area contributed by atoms with Gasteiger partial charge in [0, 0.05) is 6.04 Å². The Hall–Kier alpha value is -1.32. The number of carbonyl (C=O) groups is 2. The molecule has 0 heterocycles. The van der Waals surface area contributed by atoms with Crippen LogP contribution in [0.1, 0.15) is 40.5 Å². The lowest BCUT2D eigenvalue weighted by molar-refractivity contribution is -0.150. The molecule has 1 aliphatic rings. The minimum absolute atomic E-state index is 0.0549. The van der Waals surface area contributed by atoms with Gasteiger partial charge in [-0.05, 0) is 37.2 Å². The summed E-state index contributed by atoms with van der Waals surface area (Å²) in [6.07, 6.45) is 4.55. The second kappa shape index (κ2) is 5.55. The highest BCUT2D eigenvalue weighted by atomic mass is 16.4. The predicted molar refractivity (Wildman–Crippen MR) is 70.0 cm³/mol. The Kier molecular flexibility index (Phi) is 4.54. The van der Waals surface area contributed by atoms with Gasteiger partial charge in [0.2, 0.25) is 5.91 Å². The van der Waals surface area contributed by atoms with E-state index in [4.69, 9.17) is 0 Å². The zero-order valence-electron chi connectivity index (χ0n) is 11.6. The zero-order valence-corrected chi connectivity index (χ0v) is 11.6. The Morgan fingerprint density at radius 1 is 1.33 bits per heavy atom. The van der Waals surface area contributed by atoms with Crippen molar-refractivity contribution < 1.29 is 14.7 Å². The van der Waals surface area contributed by atoms with Gasteiger partial charge < -0.3 is 10.4 Å². The molecule has 0 aliphatic heterocycles. The Bertz CT molecular complexity index is 360. The Morgan fingerprint density at radius 2 is 1.94 bits per heavy atom. The maximum absolute atomic E-state index is 11.6. The fraction of sp³-hybridized carbons (Fsp3) is 0.714. The SMILES string of the molecule is C/C=C/C(=O)NC1CCC(C(=O)O)C(C)(C)C1C. The number of carboxylic acids is 1. The summed E-state index contributed by atoms with van der Waals surface area (Å²) in [4.78, 5) is 22.8. The van der Waals surface area contributed by atoms with Crippen LogP contribution in [0.5, 0.6) is 0 Å². The first kappa shape index (κ1) is 14.7. The second-order valence-corrected chi connectivity index (χ2v) is 5.69. The quantitative estimate of drug-likeness (QED) is 0.758. The monoisotopic (exact) mass is 253 g/mol. The third-order valence-corrected chi connectivity index (χ3v) is 4.39. The molecule has 102 valence electrons. The van der Waals surface area contributed by atoms with E-state index in [1.165, 1.54) is 6.08 Å². The highest BCUT2D eigenvalue weighted by Gasteiger charge is 2.46. The van der Waals surface area contributed by atoms with Gasteiger partial charge in [0.15, 0.2) is 0 Å². The van der Waals surface area contributed by atoms with Crippen LogP contribution in [0.3, 0.4) is 0 Å². The van der Waals surface area contributed by atoms with Crippen molar-refractivity contribution in [2.24, 2.45) is 17.3 Å². The normalized spacial score (nSPS) is 31.2. The lowest BCUT2D eigenvalue weighted by Gasteiger charge is -2.46. The molecule has 1 fully saturated rings. The molecule has 18 heavy (non-hydrogen) atoms. The molecule has 1 aliphatic carbocycles. The van der Waals surface area contributed by atoms with Crippen LogP contribution in [-0.4, -0.2) is 23.0 Å². The van der Waals surface area contributed by atoms with Crippen LogP contribution in [0.4, 0.5) is 0 Å². The molecule has 0 saturated heterocycles. The average molecular weight is 253 g/mol. The lowest BCUT2D eigenvalue weighted by atomic mass is 9.61. The van der Waals surface area contributed by atoms with E-state index >= 15 is 0 Å². The first-order chi connectivity index (χ1) is 8.30. The summed E-state index contributed by atoms with van der Waals surface area (Å²) in [5, 5.41) is 12.2.